The van der Waals surface area contributed by atoms with Crippen LogP contribution in [0.5, 0.6) is 0 Å². The van der Waals surface area contributed by atoms with E-state index in [0.717, 1.165) is 17.1 Å². The van der Waals surface area contributed by atoms with Crippen LogP contribution in [0.4, 0.5) is 0 Å². The maximum absolute atomic E-state index is 4.23. The van der Waals surface area contributed by atoms with Crippen molar-refractivity contribution in [1.82, 2.24) is 14.8 Å². The van der Waals surface area contributed by atoms with Gasteiger partial charge in [-0.2, -0.15) is 0 Å². The van der Waals surface area contributed by atoms with Crippen LogP contribution in [0.1, 0.15) is 33.5 Å². The summed E-state index contributed by atoms with van der Waals surface area (Å²) < 4.78 is 2.00. The molecule has 0 atom stereocenters. The van der Waals surface area contributed by atoms with Crippen molar-refractivity contribution in [3.8, 4) is 5.69 Å². The SMILES string of the molecule is C/C(=C\C=C(/C)C(C)C)c1nncn1-c1ccccc1. The Bertz CT molecular complexity index is 619. The van der Waals surface area contributed by atoms with Gasteiger partial charge in [0.15, 0.2) is 5.82 Å². The van der Waals surface area contributed by atoms with Gasteiger partial charge in [0.1, 0.15) is 6.33 Å². The summed E-state index contributed by atoms with van der Waals surface area (Å²) in [7, 11) is 0. The average molecular weight is 267 g/mol. The van der Waals surface area contributed by atoms with Gasteiger partial charge in [0.2, 0.25) is 0 Å². The van der Waals surface area contributed by atoms with Gasteiger partial charge in [-0.3, -0.25) is 4.57 Å². The lowest BCUT2D eigenvalue weighted by Crippen LogP contribution is -1.98. The zero-order valence-corrected chi connectivity index (χ0v) is 12.5. The topological polar surface area (TPSA) is 30.7 Å². The molecule has 0 radical (unpaired) electrons. The van der Waals surface area contributed by atoms with Crippen LogP contribution in [0.3, 0.4) is 0 Å². The van der Waals surface area contributed by atoms with Crippen molar-refractivity contribution in [3.05, 3.63) is 60.2 Å². The Morgan fingerprint density at radius 2 is 1.80 bits per heavy atom. The van der Waals surface area contributed by atoms with E-state index in [9.17, 15) is 0 Å². The molecule has 0 aliphatic rings. The number of nitrogens with zero attached hydrogens (tertiary/aromatic N) is 3. The van der Waals surface area contributed by atoms with Crippen LogP contribution in [0, 0.1) is 5.92 Å². The fourth-order valence-corrected chi connectivity index (χ4v) is 1.80. The van der Waals surface area contributed by atoms with Gasteiger partial charge in [0, 0.05) is 5.69 Å². The minimum Gasteiger partial charge on any atom is -0.282 e. The number of hydrogen-bond acceptors (Lipinski definition) is 2. The van der Waals surface area contributed by atoms with E-state index >= 15 is 0 Å². The molecule has 0 saturated carbocycles. The van der Waals surface area contributed by atoms with Gasteiger partial charge in [-0.15, -0.1) is 10.2 Å². The first-order valence-corrected chi connectivity index (χ1v) is 6.90. The van der Waals surface area contributed by atoms with Gasteiger partial charge in [-0.05, 0) is 37.5 Å². The lowest BCUT2D eigenvalue weighted by Gasteiger charge is -2.07. The molecule has 0 N–H and O–H groups in total. The molecule has 1 aromatic heterocycles. The minimum atomic E-state index is 0.561. The third-order valence-electron chi connectivity index (χ3n) is 3.44. The summed E-state index contributed by atoms with van der Waals surface area (Å²) in [5.41, 5.74) is 3.53. The van der Waals surface area contributed by atoms with Crippen molar-refractivity contribution in [3.63, 3.8) is 0 Å². The summed E-state index contributed by atoms with van der Waals surface area (Å²) in [4.78, 5) is 0. The van der Waals surface area contributed by atoms with Crippen molar-refractivity contribution >= 4 is 5.57 Å². The fourth-order valence-electron chi connectivity index (χ4n) is 1.80. The highest BCUT2D eigenvalue weighted by Crippen LogP contribution is 2.17. The first-order chi connectivity index (χ1) is 9.59. The molecular formula is C17H21N3. The quantitative estimate of drug-likeness (QED) is 0.774. The highest BCUT2D eigenvalue weighted by Gasteiger charge is 2.07. The standard InChI is InChI=1S/C17H21N3/c1-13(2)14(3)10-11-15(4)17-19-18-12-20(17)16-8-6-5-7-9-16/h5-13H,1-4H3/b14-10+,15-11+. The molecular weight excluding hydrogens is 246 g/mol. The number of aromatic nitrogens is 3. The van der Waals surface area contributed by atoms with E-state index in [1.54, 1.807) is 6.33 Å². The van der Waals surface area contributed by atoms with E-state index in [-0.39, 0.29) is 0 Å². The second kappa shape index (κ2) is 6.33. The summed E-state index contributed by atoms with van der Waals surface area (Å²) in [6.45, 7) is 8.60. The Morgan fingerprint density at radius 1 is 1.10 bits per heavy atom. The van der Waals surface area contributed by atoms with Crippen LogP contribution in [0.2, 0.25) is 0 Å². The Hall–Kier alpha value is -2.16. The van der Waals surface area contributed by atoms with E-state index in [4.69, 9.17) is 0 Å². The van der Waals surface area contributed by atoms with Crippen LogP contribution >= 0.6 is 0 Å². The normalized spacial score (nSPS) is 13.1. The second-order valence-corrected chi connectivity index (χ2v) is 5.28. The molecule has 1 aromatic carbocycles. The Labute approximate surface area is 120 Å². The van der Waals surface area contributed by atoms with Crippen LogP contribution in [-0.2, 0) is 0 Å². The summed E-state index contributed by atoms with van der Waals surface area (Å²) in [6.07, 6.45) is 6.02. The summed E-state index contributed by atoms with van der Waals surface area (Å²) in [5.74, 6) is 1.44. The molecule has 104 valence electrons. The van der Waals surface area contributed by atoms with Crippen molar-refractivity contribution in [2.45, 2.75) is 27.7 Å². The molecule has 0 amide bonds. The lowest BCUT2D eigenvalue weighted by atomic mass is 10.0. The molecule has 0 unspecified atom stereocenters. The van der Waals surface area contributed by atoms with Crippen LogP contribution < -0.4 is 0 Å². The lowest BCUT2D eigenvalue weighted by molar-refractivity contribution is 0.769. The molecule has 1 heterocycles. The number of para-hydroxylation sites is 1. The summed E-state index contributed by atoms with van der Waals surface area (Å²) in [6, 6.07) is 10.1. The van der Waals surface area contributed by atoms with Crippen LogP contribution in [0.25, 0.3) is 11.3 Å². The number of benzene rings is 1. The third kappa shape index (κ3) is 3.23. The Kier molecular flexibility index (Phi) is 4.51. The van der Waals surface area contributed by atoms with Crippen molar-refractivity contribution < 1.29 is 0 Å². The van der Waals surface area contributed by atoms with E-state index in [1.165, 1.54) is 5.57 Å². The fraction of sp³-hybridized carbons (Fsp3) is 0.294. The maximum Gasteiger partial charge on any atom is 0.163 e. The minimum absolute atomic E-state index is 0.561. The second-order valence-electron chi connectivity index (χ2n) is 5.28. The molecule has 2 rings (SSSR count). The zero-order chi connectivity index (χ0) is 14.5. The molecule has 0 spiro atoms. The van der Waals surface area contributed by atoms with E-state index < -0.39 is 0 Å². The summed E-state index contributed by atoms with van der Waals surface area (Å²) >= 11 is 0. The smallest absolute Gasteiger partial charge is 0.163 e. The van der Waals surface area contributed by atoms with Crippen LogP contribution in [0.15, 0.2) is 54.4 Å². The monoisotopic (exact) mass is 267 g/mol. The molecule has 0 aliphatic carbocycles. The van der Waals surface area contributed by atoms with Gasteiger partial charge in [-0.1, -0.05) is 49.8 Å². The average Bonchev–Trinajstić information content (AvgIpc) is 2.94. The largest absolute Gasteiger partial charge is 0.282 e. The molecule has 0 bridgehead atoms. The first kappa shape index (κ1) is 14.3. The summed E-state index contributed by atoms with van der Waals surface area (Å²) in [5, 5.41) is 8.26. The predicted octanol–water partition coefficient (Wildman–Crippen LogP) is 4.27. The molecule has 0 saturated heterocycles. The van der Waals surface area contributed by atoms with Gasteiger partial charge in [0.25, 0.3) is 0 Å². The molecule has 0 fully saturated rings. The van der Waals surface area contributed by atoms with Gasteiger partial charge in [0.05, 0.1) is 0 Å². The molecule has 2 aromatic rings. The number of allylic oxidation sites excluding steroid dienone is 4. The third-order valence-corrected chi connectivity index (χ3v) is 3.44. The molecule has 3 heteroatoms. The molecule has 20 heavy (non-hydrogen) atoms. The van der Waals surface area contributed by atoms with E-state index in [1.807, 2.05) is 22.8 Å². The molecule has 3 nitrogen and oxygen atoms in total. The Morgan fingerprint density at radius 3 is 2.45 bits per heavy atom. The maximum atomic E-state index is 4.23. The predicted molar refractivity (Wildman–Crippen MR) is 83.6 cm³/mol. The van der Waals surface area contributed by atoms with Gasteiger partial charge < -0.3 is 0 Å². The van der Waals surface area contributed by atoms with E-state index in [0.29, 0.717) is 5.92 Å². The number of hydrogen-bond donors (Lipinski definition) is 0. The Balaban J connectivity index is 2.33. The van der Waals surface area contributed by atoms with Crippen molar-refractivity contribution in [2.24, 2.45) is 5.92 Å². The van der Waals surface area contributed by atoms with Crippen molar-refractivity contribution in [1.29, 1.82) is 0 Å². The van der Waals surface area contributed by atoms with E-state index in [2.05, 4.69) is 62.2 Å². The highest BCUT2D eigenvalue weighted by atomic mass is 15.3. The number of rotatable bonds is 4. The van der Waals surface area contributed by atoms with Gasteiger partial charge in [-0.25, -0.2) is 0 Å². The highest BCUT2D eigenvalue weighted by molar-refractivity contribution is 5.61. The first-order valence-electron chi connectivity index (χ1n) is 6.90. The molecule has 0 aliphatic heterocycles. The van der Waals surface area contributed by atoms with Crippen LogP contribution in [-0.4, -0.2) is 14.8 Å². The van der Waals surface area contributed by atoms with Gasteiger partial charge >= 0.3 is 0 Å². The van der Waals surface area contributed by atoms with Crippen molar-refractivity contribution in [2.75, 3.05) is 0 Å². The zero-order valence-electron chi connectivity index (χ0n) is 12.5.